The van der Waals surface area contributed by atoms with Crippen LogP contribution in [0.4, 0.5) is 0 Å². The van der Waals surface area contributed by atoms with Crippen molar-refractivity contribution in [3.05, 3.63) is 33.3 Å². The fraction of sp³-hybridized carbons (Fsp3) is 0.364. The Kier molecular flexibility index (Phi) is 6.27. The third kappa shape index (κ3) is 4.84. The van der Waals surface area contributed by atoms with Crippen LogP contribution in [0, 0.1) is 0 Å². The number of benzene rings is 1. The zero-order valence-electron chi connectivity index (χ0n) is 9.17. The van der Waals surface area contributed by atoms with Gasteiger partial charge in [-0.2, -0.15) is 0 Å². The molecule has 0 heterocycles. The number of halogens is 3. The average Bonchev–Trinajstić information content (AvgIpc) is 2.30. The Hall–Kier alpha value is -0.290. The highest BCUT2D eigenvalue weighted by atomic mass is 79.9. The van der Waals surface area contributed by atoms with Crippen molar-refractivity contribution in [2.45, 2.75) is 11.9 Å². The minimum atomic E-state index is -0.686. The number of nitrogens with one attached hydrogen (secondary N) is 1. The minimum absolute atomic E-state index is 0.334. The van der Waals surface area contributed by atoms with Gasteiger partial charge >= 0.3 is 5.97 Å². The second kappa shape index (κ2) is 7.21. The van der Waals surface area contributed by atoms with Gasteiger partial charge < -0.3 is 10.1 Å². The van der Waals surface area contributed by atoms with Crippen molar-refractivity contribution in [1.29, 1.82) is 0 Å². The monoisotopic (exact) mass is 339 g/mol. The number of esters is 1. The highest BCUT2D eigenvalue weighted by molar-refractivity contribution is 9.10. The number of carbonyl (C=O) groups excluding carboxylic acids is 1. The van der Waals surface area contributed by atoms with Crippen molar-refractivity contribution in [1.82, 2.24) is 5.32 Å². The van der Waals surface area contributed by atoms with Crippen LogP contribution in [0.1, 0.15) is 5.56 Å². The van der Waals surface area contributed by atoms with E-state index in [1.807, 2.05) is 18.2 Å². The Morgan fingerprint density at radius 2 is 2.29 bits per heavy atom. The molecule has 0 amide bonds. The molecule has 0 bridgehead atoms. The van der Waals surface area contributed by atoms with E-state index in [-0.39, 0.29) is 0 Å². The summed E-state index contributed by atoms with van der Waals surface area (Å²) >= 11 is 15.2. The Morgan fingerprint density at radius 3 is 2.88 bits per heavy atom. The fourth-order valence-electron chi connectivity index (χ4n) is 1.21. The van der Waals surface area contributed by atoms with Crippen LogP contribution in [0.3, 0.4) is 0 Å². The quantitative estimate of drug-likeness (QED) is 0.661. The van der Waals surface area contributed by atoms with Gasteiger partial charge in [-0.05, 0) is 17.7 Å². The zero-order chi connectivity index (χ0) is 12.8. The molecule has 1 rings (SSSR count). The topological polar surface area (TPSA) is 38.3 Å². The Morgan fingerprint density at radius 1 is 1.59 bits per heavy atom. The van der Waals surface area contributed by atoms with Crippen molar-refractivity contribution in [2.24, 2.45) is 0 Å². The minimum Gasteiger partial charge on any atom is -0.468 e. The number of methoxy groups -OCH3 is 1. The van der Waals surface area contributed by atoms with Gasteiger partial charge in [0.05, 0.1) is 7.11 Å². The van der Waals surface area contributed by atoms with Gasteiger partial charge in [0.15, 0.2) is 0 Å². The van der Waals surface area contributed by atoms with Crippen LogP contribution in [-0.4, -0.2) is 25.0 Å². The molecule has 17 heavy (non-hydrogen) atoms. The molecule has 3 nitrogen and oxygen atoms in total. The van der Waals surface area contributed by atoms with Gasteiger partial charge in [0, 0.05) is 22.6 Å². The van der Waals surface area contributed by atoms with E-state index < -0.39 is 11.3 Å². The van der Waals surface area contributed by atoms with Gasteiger partial charge in [0.1, 0.15) is 5.38 Å². The summed E-state index contributed by atoms with van der Waals surface area (Å²) in [7, 11) is 1.31. The van der Waals surface area contributed by atoms with Gasteiger partial charge in [-0.15, -0.1) is 11.6 Å². The van der Waals surface area contributed by atoms with Crippen molar-refractivity contribution in [3.8, 4) is 0 Å². The molecule has 0 aliphatic rings. The lowest BCUT2D eigenvalue weighted by Gasteiger charge is -2.10. The third-order valence-corrected chi connectivity index (χ3v) is 3.29. The van der Waals surface area contributed by atoms with E-state index >= 15 is 0 Å². The first-order valence-corrected chi connectivity index (χ1v) is 6.52. The SMILES string of the molecule is COC(=O)C(Cl)CNCc1ccc(Br)cc1Cl. The highest BCUT2D eigenvalue weighted by Gasteiger charge is 2.14. The summed E-state index contributed by atoms with van der Waals surface area (Å²) in [5.41, 5.74) is 0.948. The average molecular weight is 341 g/mol. The molecule has 1 atom stereocenters. The first-order chi connectivity index (χ1) is 8.04. The molecule has 1 N–H and O–H groups in total. The Bertz CT molecular complexity index is 401. The second-order valence-corrected chi connectivity index (χ2v) is 5.21. The van der Waals surface area contributed by atoms with Gasteiger partial charge in [-0.3, -0.25) is 4.79 Å². The molecule has 0 aliphatic heterocycles. The standard InChI is InChI=1S/C11H12BrCl2NO2/c1-17-11(16)10(14)6-15-5-7-2-3-8(12)4-9(7)13/h2-4,10,15H,5-6H2,1H3. The molecule has 0 saturated heterocycles. The predicted octanol–water partition coefficient (Wildman–Crippen LogP) is 2.97. The van der Waals surface area contributed by atoms with Crippen LogP contribution >= 0.6 is 39.1 Å². The van der Waals surface area contributed by atoms with Gasteiger partial charge in [-0.1, -0.05) is 33.6 Å². The molecule has 1 aromatic rings. The fourth-order valence-corrected chi connectivity index (χ4v) is 2.15. The summed E-state index contributed by atoms with van der Waals surface area (Å²) in [6.45, 7) is 0.882. The highest BCUT2D eigenvalue weighted by Crippen LogP contribution is 2.21. The van der Waals surface area contributed by atoms with Gasteiger partial charge in [0.2, 0.25) is 0 Å². The molecule has 0 saturated carbocycles. The van der Waals surface area contributed by atoms with Crippen molar-refractivity contribution in [3.63, 3.8) is 0 Å². The predicted molar refractivity (Wildman–Crippen MR) is 72.5 cm³/mol. The molecular formula is C11H12BrCl2NO2. The van der Waals surface area contributed by atoms with E-state index in [9.17, 15) is 4.79 Å². The van der Waals surface area contributed by atoms with Gasteiger partial charge in [-0.25, -0.2) is 0 Å². The van der Waals surface area contributed by atoms with Crippen LogP contribution in [0.5, 0.6) is 0 Å². The van der Waals surface area contributed by atoms with Crippen molar-refractivity contribution < 1.29 is 9.53 Å². The van der Waals surface area contributed by atoms with Crippen LogP contribution in [0.25, 0.3) is 0 Å². The van der Waals surface area contributed by atoms with Crippen molar-refractivity contribution >= 4 is 45.1 Å². The summed E-state index contributed by atoms with van der Waals surface area (Å²) in [6, 6.07) is 5.62. The summed E-state index contributed by atoms with van der Waals surface area (Å²) < 4.78 is 5.44. The smallest absolute Gasteiger partial charge is 0.325 e. The molecule has 6 heteroatoms. The van der Waals surface area contributed by atoms with Gasteiger partial charge in [0.25, 0.3) is 0 Å². The third-order valence-electron chi connectivity index (χ3n) is 2.11. The van der Waals surface area contributed by atoms with E-state index in [1.54, 1.807) is 0 Å². The molecule has 94 valence electrons. The molecule has 1 aromatic carbocycles. The molecule has 0 aromatic heterocycles. The lowest BCUT2D eigenvalue weighted by Crippen LogP contribution is -2.29. The molecule has 0 spiro atoms. The maximum absolute atomic E-state index is 11.0. The summed E-state index contributed by atoms with van der Waals surface area (Å²) in [5, 5.41) is 3.02. The molecule has 0 radical (unpaired) electrons. The second-order valence-electron chi connectivity index (χ2n) is 3.36. The van der Waals surface area contributed by atoms with Crippen LogP contribution in [0.2, 0.25) is 5.02 Å². The molecule has 1 unspecified atom stereocenters. The zero-order valence-corrected chi connectivity index (χ0v) is 12.3. The number of rotatable bonds is 5. The van der Waals surface area contributed by atoms with E-state index in [0.717, 1.165) is 10.0 Å². The number of carbonyl (C=O) groups is 1. The van der Waals surface area contributed by atoms with Crippen LogP contribution in [-0.2, 0) is 16.1 Å². The first-order valence-electron chi connectivity index (χ1n) is 4.91. The maximum atomic E-state index is 11.0. The number of alkyl halides is 1. The van der Waals surface area contributed by atoms with E-state index in [4.69, 9.17) is 23.2 Å². The maximum Gasteiger partial charge on any atom is 0.325 e. The number of ether oxygens (including phenoxy) is 1. The molecule has 0 fully saturated rings. The molecule has 0 aliphatic carbocycles. The van der Waals surface area contributed by atoms with E-state index in [1.165, 1.54) is 7.11 Å². The van der Waals surface area contributed by atoms with Crippen LogP contribution in [0.15, 0.2) is 22.7 Å². The van der Waals surface area contributed by atoms with Crippen LogP contribution < -0.4 is 5.32 Å². The summed E-state index contributed by atoms with van der Waals surface area (Å²) in [4.78, 5) is 11.0. The lowest BCUT2D eigenvalue weighted by molar-refractivity contribution is -0.140. The Labute approximate surface area is 119 Å². The van der Waals surface area contributed by atoms with E-state index in [2.05, 4.69) is 26.0 Å². The summed E-state index contributed by atoms with van der Waals surface area (Å²) in [5.74, 6) is -0.443. The van der Waals surface area contributed by atoms with Crippen molar-refractivity contribution in [2.75, 3.05) is 13.7 Å². The summed E-state index contributed by atoms with van der Waals surface area (Å²) in [6.07, 6.45) is 0. The lowest BCUT2D eigenvalue weighted by atomic mass is 10.2. The molecular weight excluding hydrogens is 329 g/mol. The first kappa shape index (κ1) is 14.8. The number of hydrogen-bond donors (Lipinski definition) is 1. The largest absolute Gasteiger partial charge is 0.468 e. The number of hydrogen-bond acceptors (Lipinski definition) is 3. The Balaban J connectivity index is 2.43. The van der Waals surface area contributed by atoms with E-state index in [0.29, 0.717) is 18.1 Å². The normalized spacial score (nSPS) is 12.2.